The van der Waals surface area contributed by atoms with Gasteiger partial charge < -0.3 is 10.6 Å². The molecule has 4 nitrogen and oxygen atoms in total. The maximum atomic E-state index is 4.96. The van der Waals surface area contributed by atoms with Crippen LogP contribution in [-0.2, 0) is 0 Å². The smallest absolute Gasteiger partial charge is 0.185 e. The molecule has 0 amide bonds. The monoisotopic (exact) mass is 220 g/mol. The summed E-state index contributed by atoms with van der Waals surface area (Å²) >= 11 is 9.80. The normalized spacial score (nSPS) is 8.77. The lowest BCUT2D eigenvalue weighted by atomic mass is 10.3. The highest BCUT2D eigenvalue weighted by molar-refractivity contribution is 7.80. The van der Waals surface area contributed by atoms with Crippen LogP contribution in [0.5, 0.6) is 0 Å². The molecule has 76 valence electrons. The molecule has 0 aliphatic rings. The molecular weight excluding hydrogens is 204 g/mol. The molecule has 0 saturated carbocycles. The second-order valence-electron chi connectivity index (χ2n) is 2.44. The zero-order chi connectivity index (χ0) is 10.1. The average molecular weight is 220 g/mol. The minimum absolute atomic E-state index is 0.514. The van der Waals surface area contributed by atoms with E-state index in [9.17, 15) is 0 Å². The predicted molar refractivity (Wildman–Crippen MR) is 63.4 cm³/mol. The van der Waals surface area contributed by atoms with E-state index in [1.165, 1.54) is 0 Å². The van der Waals surface area contributed by atoms with Gasteiger partial charge in [0.15, 0.2) is 10.2 Å². The Balaban J connectivity index is 3.35. The lowest BCUT2D eigenvalue weighted by Crippen LogP contribution is -2.49. The Hall–Kier alpha value is -0.620. The number of hydrogen-bond donors (Lipinski definition) is 4. The highest BCUT2D eigenvalue weighted by Crippen LogP contribution is 1.81. The van der Waals surface area contributed by atoms with Gasteiger partial charge in [-0.1, -0.05) is 13.3 Å². The summed E-state index contributed by atoms with van der Waals surface area (Å²) in [7, 11) is 1.74. The summed E-state index contributed by atoms with van der Waals surface area (Å²) in [4.78, 5) is 0. The quantitative estimate of drug-likeness (QED) is 0.311. The fourth-order valence-electron chi connectivity index (χ4n) is 0.599. The fourth-order valence-corrected chi connectivity index (χ4v) is 0.803. The van der Waals surface area contributed by atoms with Gasteiger partial charge in [0, 0.05) is 13.6 Å². The van der Waals surface area contributed by atoms with E-state index < -0.39 is 0 Å². The standard InChI is InChI=1S/C7H16N4S2/c1-3-4-5-9-7(13)11-10-6(12)8-2/h3-5H2,1-2H3,(H2,8,10,12)(H2,9,11,13). The van der Waals surface area contributed by atoms with E-state index in [1.807, 2.05) is 0 Å². The summed E-state index contributed by atoms with van der Waals surface area (Å²) in [5.41, 5.74) is 5.48. The lowest BCUT2D eigenvalue weighted by molar-refractivity contribution is 0.729. The van der Waals surface area contributed by atoms with Crippen LogP contribution in [0.1, 0.15) is 19.8 Å². The highest BCUT2D eigenvalue weighted by atomic mass is 32.1. The molecule has 0 saturated heterocycles. The predicted octanol–water partition coefficient (Wildman–Crippen LogP) is 0.259. The molecule has 0 aromatic carbocycles. The molecule has 0 aromatic heterocycles. The number of unbranched alkanes of at least 4 members (excludes halogenated alkanes) is 1. The van der Waals surface area contributed by atoms with Crippen molar-refractivity contribution in [2.75, 3.05) is 13.6 Å². The van der Waals surface area contributed by atoms with Crippen LogP contribution in [0.25, 0.3) is 0 Å². The minimum atomic E-state index is 0.514. The molecule has 0 radical (unpaired) electrons. The van der Waals surface area contributed by atoms with Crippen molar-refractivity contribution in [2.24, 2.45) is 0 Å². The van der Waals surface area contributed by atoms with E-state index in [0.717, 1.165) is 19.4 Å². The zero-order valence-corrected chi connectivity index (χ0v) is 9.57. The minimum Gasteiger partial charge on any atom is -0.364 e. The van der Waals surface area contributed by atoms with E-state index in [4.69, 9.17) is 24.4 Å². The van der Waals surface area contributed by atoms with Crippen molar-refractivity contribution in [3.63, 3.8) is 0 Å². The highest BCUT2D eigenvalue weighted by Gasteiger charge is 1.93. The van der Waals surface area contributed by atoms with Crippen LogP contribution in [0.2, 0.25) is 0 Å². The lowest BCUT2D eigenvalue weighted by Gasteiger charge is -2.11. The molecule has 0 atom stereocenters. The molecule has 4 N–H and O–H groups in total. The van der Waals surface area contributed by atoms with Crippen molar-refractivity contribution < 1.29 is 0 Å². The van der Waals surface area contributed by atoms with Gasteiger partial charge >= 0.3 is 0 Å². The largest absolute Gasteiger partial charge is 0.364 e. The van der Waals surface area contributed by atoms with E-state index in [2.05, 4.69) is 28.4 Å². The van der Waals surface area contributed by atoms with E-state index >= 15 is 0 Å². The Morgan fingerprint density at radius 1 is 1.15 bits per heavy atom. The molecular formula is C7H16N4S2. The van der Waals surface area contributed by atoms with Crippen molar-refractivity contribution in [1.82, 2.24) is 21.5 Å². The second kappa shape index (κ2) is 8.00. The van der Waals surface area contributed by atoms with Crippen molar-refractivity contribution in [2.45, 2.75) is 19.8 Å². The molecule has 13 heavy (non-hydrogen) atoms. The third-order valence-electron chi connectivity index (χ3n) is 1.33. The molecule has 0 aromatic rings. The van der Waals surface area contributed by atoms with Gasteiger partial charge in [-0.25, -0.2) is 0 Å². The molecule has 0 rings (SSSR count). The first kappa shape index (κ1) is 12.4. The Kier molecular flexibility index (Phi) is 7.62. The number of thiocarbonyl (C=S) groups is 2. The third-order valence-corrected chi connectivity index (χ3v) is 1.89. The van der Waals surface area contributed by atoms with Gasteiger partial charge in [0.1, 0.15) is 0 Å². The summed E-state index contributed by atoms with van der Waals surface area (Å²) in [6, 6.07) is 0. The maximum Gasteiger partial charge on any atom is 0.185 e. The average Bonchev–Trinajstić information content (AvgIpc) is 2.14. The Morgan fingerprint density at radius 3 is 2.31 bits per heavy atom. The van der Waals surface area contributed by atoms with Crippen molar-refractivity contribution in [3.05, 3.63) is 0 Å². The van der Waals surface area contributed by atoms with Gasteiger partial charge in [0.05, 0.1) is 0 Å². The van der Waals surface area contributed by atoms with E-state index in [0.29, 0.717) is 10.2 Å². The van der Waals surface area contributed by atoms with Crippen LogP contribution in [0, 0.1) is 0 Å². The van der Waals surface area contributed by atoms with Crippen LogP contribution < -0.4 is 21.5 Å². The van der Waals surface area contributed by atoms with Crippen LogP contribution in [0.15, 0.2) is 0 Å². The summed E-state index contributed by atoms with van der Waals surface area (Å²) in [6.45, 7) is 3.02. The first-order chi connectivity index (χ1) is 6.20. The van der Waals surface area contributed by atoms with Crippen LogP contribution in [0.4, 0.5) is 0 Å². The molecule has 0 aliphatic carbocycles. The molecule has 0 bridgehead atoms. The topological polar surface area (TPSA) is 48.1 Å². The van der Waals surface area contributed by atoms with Gasteiger partial charge in [-0.05, 0) is 30.9 Å². The Labute approximate surface area is 89.8 Å². The second-order valence-corrected chi connectivity index (χ2v) is 3.26. The van der Waals surface area contributed by atoms with Gasteiger partial charge in [-0.3, -0.25) is 10.9 Å². The Morgan fingerprint density at radius 2 is 1.77 bits per heavy atom. The fraction of sp³-hybridized carbons (Fsp3) is 0.714. The molecule has 0 spiro atoms. The van der Waals surface area contributed by atoms with Gasteiger partial charge in [0.25, 0.3) is 0 Å². The number of rotatable bonds is 3. The summed E-state index contributed by atoms with van der Waals surface area (Å²) in [5.74, 6) is 0. The van der Waals surface area contributed by atoms with Gasteiger partial charge in [-0.2, -0.15) is 0 Å². The van der Waals surface area contributed by atoms with Crippen LogP contribution >= 0.6 is 24.4 Å². The summed E-state index contributed by atoms with van der Waals surface area (Å²) in [6.07, 6.45) is 2.26. The van der Waals surface area contributed by atoms with Gasteiger partial charge in [-0.15, -0.1) is 0 Å². The number of hydrazine groups is 1. The number of nitrogens with one attached hydrogen (secondary N) is 4. The third kappa shape index (κ3) is 7.73. The summed E-state index contributed by atoms with van der Waals surface area (Å²) < 4.78 is 0. The van der Waals surface area contributed by atoms with Crippen molar-refractivity contribution in [3.8, 4) is 0 Å². The SMILES string of the molecule is CCCCNC(=S)NNC(=S)NC. The van der Waals surface area contributed by atoms with Crippen molar-refractivity contribution >= 4 is 34.7 Å². The summed E-state index contributed by atoms with van der Waals surface area (Å²) in [5, 5.41) is 6.87. The van der Waals surface area contributed by atoms with E-state index in [-0.39, 0.29) is 0 Å². The molecule has 0 aliphatic heterocycles. The molecule has 0 fully saturated rings. The zero-order valence-electron chi connectivity index (χ0n) is 7.94. The van der Waals surface area contributed by atoms with Gasteiger partial charge in [0.2, 0.25) is 0 Å². The van der Waals surface area contributed by atoms with Crippen LogP contribution in [0.3, 0.4) is 0 Å². The molecule has 0 heterocycles. The maximum absolute atomic E-state index is 4.96. The Bertz CT molecular complexity index is 172. The first-order valence-electron chi connectivity index (χ1n) is 4.22. The van der Waals surface area contributed by atoms with Crippen LogP contribution in [-0.4, -0.2) is 23.8 Å². The number of hydrogen-bond acceptors (Lipinski definition) is 2. The van der Waals surface area contributed by atoms with E-state index in [1.54, 1.807) is 7.05 Å². The first-order valence-corrected chi connectivity index (χ1v) is 5.04. The molecule has 0 unspecified atom stereocenters. The van der Waals surface area contributed by atoms with Crippen molar-refractivity contribution in [1.29, 1.82) is 0 Å². The molecule has 6 heteroatoms.